The molecule has 2 aromatic rings. The molecule has 6 heteroatoms. The monoisotopic (exact) mass is 274 g/mol. The number of aromatic nitrogens is 4. The van der Waals surface area contributed by atoms with Crippen LogP contribution in [-0.4, -0.2) is 26.7 Å². The summed E-state index contributed by atoms with van der Waals surface area (Å²) in [7, 11) is 0. The average molecular weight is 274 g/mol. The summed E-state index contributed by atoms with van der Waals surface area (Å²) in [5.74, 6) is 2.25. The van der Waals surface area contributed by atoms with Gasteiger partial charge in [-0.1, -0.05) is 19.0 Å². The Morgan fingerprint density at radius 1 is 1.35 bits per heavy atom. The maximum atomic E-state index is 5.54. The lowest BCUT2D eigenvalue weighted by atomic mass is 10.1. The van der Waals surface area contributed by atoms with E-state index in [0.717, 1.165) is 19.3 Å². The number of hydrogen-bond acceptors (Lipinski definition) is 6. The molecule has 6 nitrogen and oxygen atoms in total. The molecular weight excluding hydrogens is 256 g/mol. The van der Waals surface area contributed by atoms with Crippen molar-refractivity contribution < 1.29 is 9.26 Å². The molecule has 1 aliphatic carbocycles. The van der Waals surface area contributed by atoms with E-state index in [1.54, 1.807) is 12.3 Å². The zero-order valence-electron chi connectivity index (χ0n) is 11.7. The molecule has 0 bridgehead atoms. The molecule has 1 fully saturated rings. The normalized spacial score (nSPS) is 14.8. The Balaban J connectivity index is 1.69. The van der Waals surface area contributed by atoms with E-state index in [2.05, 4.69) is 34.0 Å². The first-order valence-corrected chi connectivity index (χ1v) is 7.02. The number of nitrogens with zero attached hydrogens (tertiary/aromatic N) is 4. The predicted molar refractivity (Wildman–Crippen MR) is 72.2 cm³/mol. The fourth-order valence-corrected chi connectivity index (χ4v) is 1.76. The van der Waals surface area contributed by atoms with Gasteiger partial charge in [0.25, 0.3) is 0 Å². The van der Waals surface area contributed by atoms with Crippen LogP contribution in [-0.2, 0) is 0 Å². The van der Waals surface area contributed by atoms with Crippen LogP contribution in [0, 0.1) is 5.92 Å². The van der Waals surface area contributed by atoms with Crippen LogP contribution in [0.5, 0.6) is 6.01 Å². The quantitative estimate of drug-likeness (QED) is 0.806. The minimum absolute atomic E-state index is 0.362. The van der Waals surface area contributed by atoms with Crippen molar-refractivity contribution >= 4 is 0 Å². The summed E-state index contributed by atoms with van der Waals surface area (Å²) in [4.78, 5) is 12.8. The lowest BCUT2D eigenvalue weighted by Gasteiger charge is -2.06. The van der Waals surface area contributed by atoms with Crippen LogP contribution in [0.4, 0.5) is 0 Å². The maximum Gasteiger partial charge on any atom is 0.317 e. The van der Waals surface area contributed by atoms with Crippen LogP contribution in [0.1, 0.15) is 44.9 Å². The van der Waals surface area contributed by atoms with E-state index >= 15 is 0 Å². The molecule has 2 heterocycles. The number of rotatable bonds is 6. The molecule has 0 aromatic carbocycles. The minimum Gasteiger partial charge on any atom is -0.463 e. The fourth-order valence-electron chi connectivity index (χ4n) is 1.76. The zero-order valence-corrected chi connectivity index (χ0v) is 11.7. The second-order valence-corrected chi connectivity index (χ2v) is 5.49. The van der Waals surface area contributed by atoms with Crippen LogP contribution in [0.15, 0.2) is 16.8 Å². The van der Waals surface area contributed by atoms with E-state index in [0.29, 0.717) is 41.9 Å². The molecule has 2 aromatic heterocycles. The van der Waals surface area contributed by atoms with Gasteiger partial charge in [0, 0.05) is 12.1 Å². The highest BCUT2D eigenvalue weighted by molar-refractivity contribution is 5.47. The third-order valence-corrected chi connectivity index (χ3v) is 3.16. The SMILES string of the molecule is CC(C)CCOc1nccc(-c2noc(C3CC3)n2)n1. The Labute approximate surface area is 117 Å². The van der Waals surface area contributed by atoms with Crippen molar-refractivity contribution in [1.82, 2.24) is 20.1 Å². The summed E-state index contributed by atoms with van der Waals surface area (Å²) in [5.41, 5.74) is 0.634. The summed E-state index contributed by atoms with van der Waals surface area (Å²) in [5, 5.41) is 3.97. The van der Waals surface area contributed by atoms with Gasteiger partial charge in [0.05, 0.1) is 6.61 Å². The fraction of sp³-hybridized carbons (Fsp3) is 0.571. The Morgan fingerprint density at radius 3 is 2.95 bits per heavy atom. The highest BCUT2D eigenvalue weighted by atomic mass is 16.5. The van der Waals surface area contributed by atoms with Crippen LogP contribution in [0.2, 0.25) is 0 Å². The molecular formula is C14H18N4O2. The maximum absolute atomic E-state index is 5.54. The van der Waals surface area contributed by atoms with Crippen LogP contribution < -0.4 is 4.74 Å². The molecule has 0 atom stereocenters. The standard InChI is InChI=1S/C14H18N4O2/c1-9(2)6-8-19-14-15-7-5-11(16-14)12-17-13(20-18-12)10-3-4-10/h5,7,9-10H,3-4,6,8H2,1-2H3. The summed E-state index contributed by atoms with van der Waals surface area (Å²) in [6.07, 6.45) is 4.89. The van der Waals surface area contributed by atoms with Crippen molar-refractivity contribution in [1.29, 1.82) is 0 Å². The third-order valence-electron chi connectivity index (χ3n) is 3.16. The van der Waals surface area contributed by atoms with Gasteiger partial charge in [-0.15, -0.1) is 0 Å². The van der Waals surface area contributed by atoms with E-state index in [1.807, 2.05) is 0 Å². The Hall–Kier alpha value is -1.98. The molecule has 0 radical (unpaired) electrons. The summed E-state index contributed by atoms with van der Waals surface area (Å²) >= 11 is 0. The van der Waals surface area contributed by atoms with Gasteiger partial charge in [-0.2, -0.15) is 9.97 Å². The van der Waals surface area contributed by atoms with E-state index in [4.69, 9.17) is 9.26 Å². The summed E-state index contributed by atoms with van der Waals surface area (Å²) < 4.78 is 10.8. The van der Waals surface area contributed by atoms with Gasteiger partial charge >= 0.3 is 6.01 Å². The zero-order chi connectivity index (χ0) is 13.9. The van der Waals surface area contributed by atoms with E-state index in [9.17, 15) is 0 Å². The van der Waals surface area contributed by atoms with Crippen molar-refractivity contribution in [2.45, 2.75) is 39.0 Å². The minimum atomic E-state index is 0.362. The molecule has 0 unspecified atom stereocenters. The van der Waals surface area contributed by atoms with Gasteiger partial charge in [0.2, 0.25) is 11.7 Å². The lowest BCUT2D eigenvalue weighted by Crippen LogP contribution is -2.04. The predicted octanol–water partition coefficient (Wildman–Crippen LogP) is 2.83. The van der Waals surface area contributed by atoms with Gasteiger partial charge < -0.3 is 9.26 Å². The molecule has 1 saturated carbocycles. The van der Waals surface area contributed by atoms with E-state index in [1.165, 1.54) is 0 Å². The van der Waals surface area contributed by atoms with Crippen molar-refractivity contribution in [2.24, 2.45) is 5.92 Å². The molecule has 0 amide bonds. The van der Waals surface area contributed by atoms with E-state index < -0.39 is 0 Å². The highest BCUT2D eigenvalue weighted by Gasteiger charge is 2.30. The molecule has 0 saturated heterocycles. The van der Waals surface area contributed by atoms with Gasteiger partial charge in [-0.3, -0.25) is 0 Å². The Kier molecular flexibility index (Phi) is 3.62. The van der Waals surface area contributed by atoms with Crippen molar-refractivity contribution in [3.05, 3.63) is 18.2 Å². The van der Waals surface area contributed by atoms with Crippen LogP contribution in [0.3, 0.4) is 0 Å². The smallest absolute Gasteiger partial charge is 0.317 e. The Morgan fingerprint density at radius 2 is 2.20 bits per heavy atom. The molecule has 0 spiro atoms. The Bertz CT molecular complexity index is 578. The largest absolute Gasteiger partial charge is 0.463 e. The average Bonchev–Trinajstić information content (AvgIpc) is 3.16. The molecule has 3 rings (SSSR count). The molecule has 20 heavy (non-hydrogen) atoms. The van der Waals surface area contributed by atoms with Gasteiger partial charge in [0.15, 0.2) is 0 Å². The molecule has 0 aliphatic heterocycles. The first-order chi connectivity index (χ1) is 9.72. The van der Waals surface area contributed by atoms with Crippen molar-refractivity contribution in [2.75, 3.05) is 6.61 Å². The van der Waals surface area contributed by atoms with E-state index in [-0.39, 0.29) is 0 Å². The lowest BCUT2D eigenvalue weighted by molar-refractivity contribution is 0.268. The van der Waals surface area contributed by atoms with Crippen molar-refractivity contribution in [3.63, 3.8) is 0 Å². The van der Waals surface area contributed by atoms with Crippen LogP contribution >= 0.6 is 0 Å². The molecule has 1 aliphatic rings. The van der Waals surface area contributed by atoms with Crippen LogP contribution in [0.25, 0.3) is 11.5 Å². The molecule has 106 valence electrons. The summed E-state index contributed by atoms with van der Waals surface area (Å²) in [6.45, 7) is 4.92. The van der Waals surface area contributed by atoms with Gasteiger partial charge in [0.1, 0.15) is 5.69 Å². The second-order valence-electron chi connectivity index (χ2n) is 5.49. The summed E-state index contributed by atoms with van der Waals surface area (Å²) in [6, 6.07) is 2.12. The van der Waals surface area contributed by atoms with Gasteiger partial charge in [-0.05, 0) is 31.2 Å². The van der Waals surface area contributed by atoms with Gasteiger partial charge in [-0.25, -0.2) is 4.98 Å². The highest BCUT2D eigenvalue weighted by Crippen LogP contribution is 2.39. The first kappa shape index (κ1) is 13.0. The van der Waals surface area contributed by atoms with Crippen molar-refractivity contribution in [3.8, 4) is 17.5 Å². The second kappa shape index (κ2) is 5.56. The topological polar surface area (TPSA) is 73.9 Å². The molecule has 0 N–H and O–H groups in total. The third kappa shape index (κ3) is 3.12. The first-order valence-electron chi connectivity index (χ1n) is 7.02. The number of ether oxygens (including phenoxy) is 1. The number of hydrogen-bond donors (Lipinski definition) is 0.